The molecule has 0 fully saturated rings. The molecule has 0 saturated carbocycles. The van der Waals surface area contributed by atoms with Gasteiger partial charge in [0, 0.05) is 30.3 Å². The number of nitriles is 1. The third kappa shape index (κ3) is 7.63. The normalized spacial score (nSPS) is 10.8. The SMILES string of the molecule is CCOc1cc(/C=C(\C#N)C(=O)NCc2ccc(OC)cc2OC)cc(Cl)c1OCc1ccc([N+](=O)[O-])cc1. The first-order chi connectivity index (χ1) is 18.8. The predicted octanol–water partition coefficient (Wildman–Crippen LogP) is 5.47. The zero-order valence-corrected chi connectivity index (χ0v) is 22.3. The first-order valence-electron chi connectivity index (χ1n) is 11.7. The Morgan fingerprint density at radius 1 is 1.08 bits per heavy atom. The maximum Gasteiger partial charge on any atom is 0.269 e. The van der Waals surface area contributed by atoms with Crippen LogP contribution in [0.1, 0.15) is 23.6 Å². The molecule has 0 radical (unpaired) electrons. The summed E-state index contributed by atoms with van der Waals surface area (Å²) in [7, 11) is 3.06. The summed E-state index contributed by atoms with van der Waals surface area (Å²) < 4.78 is 22.1. The molecule has 0 saturated heterocycles. The molecule has 3 aromatic rings. The zero-order valence-electron chi connectivity index (χ0n) is 21.5. The molecule has 0 unspecified atom stereocenters. The Labute approximate surface area is 230 Å². The minimum atomic E-state index is -0.581. The predicted molar refractivity (Wildman–Crippen MR) is 145 cm³/mol. The smallest absolute Gasteiger partial charge is 0.269 e. The molecular weight excluding hydrogens is 526 g/mol. The van der Waals surface area contributed by atoms with Crippen LogP contribution in [-0.4, -0.2) is 31.7 Å². The number of amides is 1. The first kappa shape index (κ1) is 28.8. The Bertz CT molecular complexity index is 1420. The number of benzene rings is 3. The van der Waals surface area contributed by atoms with Crippen LogP contribution in [0.3, 0.4) is 0 Å². The Balaban J connectivity index is 1.77. The number of carbonyl (C=O) groups excluding carboxylic acids is 1. The van der Waals surface area contributed by atoms with E-state index in [1.54, 1.807) is 56.5 Å². The van der Waals surface area contributed by atoms with Crippen LogP contribution in [0.5, 0.6) is 23.0 Å². The van der Waals surface area contributed by atoms with Crippen LogP contribution >= 0.6 is 11.6 Å². The van der Waals surface area contributed by atoms with E-state index in [1.807, 2.05) is 6.07 Å². The van der Waals surface area contributed by atoms with Gasteiger partial charge >= 0.3 is 0 Å². The summed E-state index contributed by atoms with van der Waals surface area (Å²) in [6.45, 7) is 2.32. The van der Waals surface area contributed by atoms with E-state index in [-0.39, 0.29) is 35.2 Å². The van der Waals surface area contributed by atoms with Gasteiger partial charge in [-0.05, 0) is 60.5 Å². The zero-order chi connectivity index (χ0) is 28.4. The molecule has 1 amide bonds. The summed E-state index contributed by atoms with van der Waals surface area (Å²) in [6.07, 6.45) is 1.40. The van der Waals surface area contributed by atoms with Crippen molar-refractivity contribution in [3.8, 4) is 29.1 Å². The van der Waals surface area contributed by atoms with Crippen molar-refractivity contribution < 1.29 is 28.7 Å². The molecular formula is C28H26ClN3O7. The highest BCUT2D eigenvalue weighted by atomic mass is 35.5. The van der Waals surface area contributed by atoms with Gasteiger partial charge in [-0.15, -0.1) is 0 Å². The van der Waals surface area contributed by atoms with Gasteiger partial charge in [-0.25, -0.2) is 0 Å². The fraction of sp³-hybridized carbons (Fsp3) is 0.214. The highest BCUT2D eigenvalue weighted by Crippen LogP contribution is 2.38. The van der Waals surface area contributed by atoms with E-state index in [9.17, 15) is 20.2 Å². The number of hydrogen-bond acceptors (Lipinski definition) is 8. The van der Waals surface area contributed by atoms with E-state index in [2.05, 4.69) is 5.32 Å². The summed E-state index contributed by atoms with van der Waals surface area (Å²) in [4.78, 5) is 23.1. The maximum atomic E-state index is 12.8. The van der Waals surface area contributed by atoms with Crippen LogP contribution in [0.4, 0.5) is 5.69 Å². The molecule has 0 aliphatic heterocycles. The lowest BCUT2D eigenvalue weighted by Crippen LogP contribution is -2.24. The number of nitrogens with zero attached hydrogens (tertiary/aromatic N) is 2. The quantitative estimate of drug-likeness (QED) is 0.136. The molecule has 39 heavy (non-hydrogen) atoms. The fourth-order valence-electron chi connectivity index (χ4n) is 3.53. The molecule has 3 rings (SSSR count). The molecule has 10 nitrogen and oxygen atoms in total. The van der Waals surface area contributed by atoms with Crippen molar-refractivity contribution in [1.82, 2.24) is 5.32 Å². The van der Waals surface area contributed by atoms with Gasteiger partial charge in [-0.3, -0.25) is 14.9 Å². The Hall–Kier alpha value is -4.75. The van der Waals surface area contributed by atoms with E-state index in [1.165, 1.54) is 25.3 Å². The Morgan fingerprint density at radius 3 is 2.44 bits per heavy atom. The van der Waals surface area contributed by atoms with Gasteiger partial charge < -0.3 is 24.3 Å². The summed E-state index contributed by atoms with van der Waals surface area (Å²) in [6, 6.07) is 16.2. The van der Waals surface area contributed by atoms with Crippen molar-refractivity contribution in [2.24, 2.45) is 0 Å². The van der Waals surface area contributed by atoms with E-state index in [0.29, 0.717) is 40.5 Å². The number of hydrogen-bond donors (Lipinski definition) is 1. The highest BCUT2D eigenvalue weighted by molar-refractivity contribution is 6.32. The van der Waals surface area contributed by atoms with Crippen molar-refractivity contribution in [2.45, 2.75) is 20.1 Å². The number of ether oxygens (including phenoxy) is 4. The van der Waals surface area contributed by atoms with Gasteiger partial charge in [0.05, 0.1) is 30.8 Å². The largest absolute Gasteiger partial charge is 0.497 e. The number of nitro groups is 1. The van der Waals surface area contributed by atoms with Gasteiger partial charge in [-0.1, -0.05) is 11.6 Å². The number of carbonyl (C=O) groups is 1. The average molecular weight is 552 g/mol. The molecule has 11 heteroatoms. The van der Waals surface area contributed by atoms with Crippen LogP contribution in [0.25, 0.3) is 6.08 Å². The molecule has 0 spiro atoms. The molecule has 3 aromatic carbocycles. The number of halogens is 1. The third-order valence-corrected chi connectivity index (χ3v) is 5.75. The topological polar surface area (TPSA) is 133 Å². The third-order valence-electron chi connectivity index (χ3n) is 5.47. The second-order valence-corrected chi connectivity index (χ2v) is 8.41. The lowest BCUT2D eigenvalue weighted by atomic mass is 10.1. The fourth-order valence-corrected chi connectivity index (χ4v) is 3.80. The highest BCUT2D eigenvalue weighted by Gasteiger charge is 2.16. The Kier molecular flexibility index (Phi) is 10.1. The van der Waals surface area contributed by atoms with Crippen LogP contribution in [0.15, 0.2) is 60.2 Å². The molecule has 0 bridgehead atoms. The summed E-state index contributed by atoms with van der Waals surface area (Å²) in [5.41, 5.74) is 1.70. The first-order valence-corrected chi connectivity index (χ1v) is 12.1. The molecule has 0 aliphatic carbocycles. The number of rotatable bonds is 12. The molecule has 0 aliphatic rings. The van der Waals surface area contributed by atoms with Gasteiger partial charge in [-0.2, -0.15) is 5.26 Å². The van der Waals surface area contributed by atoms with Crippen LogP contribution in [0.2, 0.25) is 5.02 Å². The number of nitro benzene ring substituents is 1. The minimum Gasteiger partial charge on any atom is -0.497 e. The average Bonchev–Trinajstić information content (AvgIpc) is 2.94. The van der Waals surface area contributed by atoms with Crippen LogP contribution < -0.4 is 24.3 Å². The molecule has 0 atom stereocenters. The molecule has 202 valence electrons. The summed E-state index contributed by atoms with van der Waals surface area (Å²) in [5, 5.41) is 23.4. The standard InChI is InChI=1S/C28H26ClN3O7/c1-4-38-26-13-19(12-24(29)27(26)39-17-18-5-8-22(9-6-18)32(34)35)11-21(15-30)28(33)31-16-20-7-10-23(36-2)14-25(20)37-3/h5-14H,4,16-17H2,1-3H3,(H,31,33)/b21-11+. The lowest BCUT2D eigenvalue weighted by Gasteiger charge is -2.15. The van der Waals surface area contributed by atoms with Crippen molar-refractivity contribution >= 4 is 29.3 Å². The molecule has 1 N–H and O–H groups in total. The summed E-state index contributed by atoms with van der Waals surface area (Å²) >= 11 is 6.48. The second-order valence-electron chi connectivity index (χ2n) is 8.01. The van der Waals surface area contributed by atoms with Gasteiger partial charge in [0.1, 0.15) is 29.7 Å². The number of nitrogens with one attached hydrogen (secondary N) is 1. The van der Waals surface area contributed by atoms with Crippen molar-refractivity contribution in [2.75, 3.05) is 20.8 Å². The monoisotopic (exact) mass is 551 g/mol. The van der Waals surface area contributed by atoms with Crippen LogP contribution in [-0.2, 0) is 17.9 Å². The van der Waals surface area contributed by atoms with E-state index in [0.717, 1.165) is 0 Å². The van der Waals surface area contributed by atoms with Crippen molar-refractivity contribution in [3.05, 3.63) is 92.0 Å². The minimum absolute atomic E-state index is 0.0246. The maximum absolute atomic E-state index is 12.8. The lowest BCUT2D eigenvalue weighted by molar-refractivity contribution is -0.384. The van der Waals surface area contributed by atoms with E-state index in [4.69, 9.17) is 30.5 Å². The number of non-ortho nitro benzene ring substituents is 1. The van der Waals surface area contributed by atoms with E-state index >= 15 is 0 Å². The summed E-state index contributed by atoms with van der Waals surface area (Å²) in [5.74, 6) is 1.15. The number of methoxy groups -OCH3 is 2. The van der Waals surface area contributed by atoms with Gasteiger partial charge in [0.25, 0.3) is 11.6 Å². The van der Waals surface area contributed by atoms with Crippen molar-refractivity contribution in [3.63, 3.8) is 0 Å². The van der Waals surface area contributed by atoms with Gasteiger partial charge in [0.2, 0.25) is 0 Å². The van der Waals surface area contributed by atoms with Crippen LogP contribution in [0, 0.1) is 21.4 Å². The molecule has 0 aromatic heterocycles. The second kappa shape index (κ2) is 13.7. The molecule has 0 heterocycles. The Morgan fingerprint density at radius 2 is 1.82 bits per heavy atom. The van der Waals surface area contributed by atoms with Gasteiger partial charge in [0.15, 0.2) is 11.5 Å². The van der Waals surface area contributed by atoms with E-state index < -0.39 is 10.8 Å². The van der Waals surface area contributed by atoms with Crippen molar-refractivity contribution in [1.29, 1.82) is 5.26 Å².